The highest BCUT2D eigenvalue weighted by Crippen LogP contribution is 2.25. The third kappa shape index (κ3) is 5.38. The van der Waals surface area contributed by atoms with Gasteiger partial charge >= 0.3 is 0 Å². The fourth-order valence-corrected chi connectivity index (χ4v) is 4.19. The minimum Gasteiger partial charge on any atom is -0.369 e. The van der Waals surface area contributed by atoms with Gasteiger partial charge in [0, 0.05) is 31.7 Å². The maximum absolute atomic E-state index is 13.4. The van der Waals surface area contributed by atoms with Gasteiger partial charge in [-0.15, -0.1) is 0 Å². The zero-order valence-electron chi connectivity index (χ0n) is 19.2. The van der Waals surface area contributed by atoms with Crippen LogP contribution in [0.2, 0.25) is 0 Å². The van der Waals surface area contributed by atoms with Crippen LogP contribution in [0.5, 0.6) is 0 Å². The van der Waals surface area contributed by atoms with E-state index in [1.54, 1.807) is 24.4 Å². The Bertz CT molecular complexity index is 1370. The Balaban J connectivity index is 1.64. The normalized spacial score (nSPS) is 14.5. The number of carbonyl (C=O) groups is 2. The molecular formula is C26H26N6O3. The van der Waals surface area contributed by atoms with Crippen LogP contribution in [-0.4, -0.2) is 40.8 Å². The summed E-state index contributed by atoms with van der Waals surface area (Å²) in [6.07, 6.45) is 4.60. The van der Waals surface area contributed by atoms with Gasteiger partial charge in [-0.25, -0.2) is 4.98 Å². The van der Waals surface area contributed by atoms with Gasteiger partial charge in [0.15, 0.2) is 0 Å². The van der Waals surface area contributed by atoms with Crippen LogP contribution < -0.4 is 21.5 Å². The maximum atomic E-state index is 13.4. The Labute approximate surface area is 202 Å². The van der Waals surface area contributed by atoms with Crippen molar-refractivity contribution in [2.24, 2.45) is 11.7 Å². The topological polar surface area (TPSA) is 134 Å². The van der Waals surface area contributed by atoms with Gasteiger partial charge in [-0.3, -0.25) is 18.8 Å². The van der Waals surface area contributed by atoms with Crippen molar-refractivity contribution in [3.63, 3.8) is 0 Å². The standard InChI is InChI=1S/C26H26N6O3/c27-17-20(25(34)29-12-9-18-6-2-1-3-7-18)16-21-24(31-14-10-19(11-15-31)23(28)33)30-22-8-4-5-13-32(22)26(21)35/h1-8,13,16,19H,9-12,14-15H2,(H2,28,33)(H,29,34). The largest absolute Gasteiger partial charge is 0.369 e. The molecule has 3 aromatic rings. The maximum Gasteiger partial charge on any atom is 0.267 e. The van der Waals surface area contributed by atoms with E-state index in [0.717, 1.165) is 5.56 Å². The van der Waals surface area contributed by atoms with Crippen LogP contribution in [0.25, 0.3) is 11.7 Å². The number of anilines is 1. The first-order valence-corrected chi connectivity index (χ1v) is 11.5. The molecule has 1 fully saturated rings. The van der Waals surface area contributed by atoms with Gasteiger partial charge < -0.3 is 16.0 Å². The average Bonchev–Trinajstić information content (AvgIpc) is 2.88. The van der Waals surface area contributed by atoms with E-state index >= 15 is 0 Å². The fourth-order valence-electron chi connectivity index (χ4n) is 4.19. The number of pyridine rings is 1. The first-order valence-electron chi connectivity index (χ1n) is 11.5. The van der Waals surface area contributed by atoms with E-state index in [9.17, 15) is 19.6 Å². The summed E-state index contributed by atoms with van der Waals surface area (Å²) in [6.45, 7) is 1.31. The minimum absolute atomic E-state index is 0.154. The molecule has 3 N–H and O–H groups in total. The molecule has 0 radical (unpaired) electrons. The van der Waals surface area contributed by atoms with E-state index in [2.05, 4.69) is 10.3 Å². The van der Waals surface area contributed by atoms with Gasteiger partial charge in [0.25, 0.3) is 11.5 Å². The SMILES string of the molecule is N#CC(=Cc1c(N2CCC(C(N)=O)CC2)nc2ccccn2c1=O)C(=O)NCCc1ccccc1. The lowest BCUT2D eigenvalue weighted by Gasteiger charge is -2.32. The zero-order valence-corrected chi connectivity index (χ0v) is 19.2. The summed E-state index contributed by atoms with van der Waals surface area (Å²) < 4.78 is 1.38. The Hall–Kier alpha value is -4.45. The van der Waals surface area contributed by atoms with Gasteiger partial charge in [-0.1, -0.05) is 36.4 Å². The predicted octanol–water partition coefficient (Wildman–Crippen LogP) is 1.66. The van der Waals surface area contributed by atoms with Crippen molar-refractivity contribution in [1.82, 2.24) is 14.7 Å². The number of rotatable bonds is 7. The number of fused-ring (bicyclic) bond motifs is 1. The van der Waals surface area contributed by atoms with E-state index in [0.29, 0.717) is 50.4 Å². The van der Waals surface area contributed by atoms with Crippen LogP contribution in [0.1, 0.15) is 24.0 Å². The van der Waals surface area contributed by atoms with Crippen LogP contribution in [0.4, 0.5) is 5.82 Å². The molecule has 0 unspecified atom stereocenters. The van der Waals surface area contributed by atoms with Crippen molar-refractivity contribution < 1.29 is 9.59 Å². The molecule has 0 aliphatic carbocycles. The number of nitrogens with zero attached hydrogens (tertiary/aromatic N) is 4. The summed E-state index contributed by atoms with van der Waals surface area (Å²) in [5.74, 6) is -0.736. The van der Waals surface area contributed by atoms with Crippen molar-refractivity contribution in [1.29, 1.82) is 5.26 Å². The average molecular weight is 471 g/mol. The molecule has 1 aromatic carbocycles. The van der Waals surface area contributed by atoms with Crippen LogP contribution in [0.3, 0.4) is 0 Å². The number of aromatic nitrogens is 2. The number of hydrogen-bond donors (Lipinski definition) is 2. The first kappa shape index (κ1) is 23.7. The molecule has 4 rings (SSSR count). The Morgan fingerprint density at radius 2 is 1.86 bits per heavy atom. The minimum atomic E-state index is -0.556. The predicted molar refractivity (Wildman–Crippen MR) is 132 cm³/mol. The van der Waals surface area contributed by atoms with Crippen LogP contribution >= 0.6 is 0 Å². The summed E-state index contributed by atoms with van der Waals surface area (Å²) >= 11 is 0. The molecule has 9 heteroatoms. The molecule has 1 aliphatic rings. The van der Waals surface area contributed by atoms with Gasteiger partial charge in [-0.2, -0.15) is 5.26 Å². The first-order chi connectivity index (χ1) is 17.0. The second kappa shape index (κ2) is 10.7. The summed E-state index contributed by atoms with van der Waals surface area (Å²) in [6, 6.07) is 16.8. The summed E-state index contributed by atoms with van der Waals surface area (Å²) in [7, 11) is 0. The van der Waals surface area contributed by atoms with Crippen LogP contribution in [0, 0.1) is 17.2 Å². The molecule has 2 amide bonds. The lowest BCUT2D eigenvalue weighted by molar-refractivity contribution is -0.122. The van der Waals surface area contributed by atoms with Crippen molar-refractivity contribution in [3.05, 3.63) is 81.8 Å². The van der Waals surface area contributed by atoms with Crippen molar-refractivity contribution in [2.45, 2.75) is 19.3 Å². The molecular weight excluding hydrogens is 444 g/mol. The van der Waals surface area contributed by atoms with Crippen molar-refractivity contribution in [3.8, 4) is 6.07 Å². The molecule has 9 nitrogen and oxygen atoms in total. The zero-order chi connectivity index (χ0) is 24.8. The highest BCUT2D eigenvalue weighted by Gasteiger charge is 2.26. The van der Waals surface area contributed by atoms with Gasteiger partial charge in [0.05, 0.1) is 5.56 Å². The third-order valence-corrected chi connectivity index (χ3v) is 6.14. The Kier molecular flexibility index (Phi) is 7.21. The fraction of sp³-hybridized carbons (Fsp3) is 0.269. The third-order valence-electron chi connectivity index (χ3n) is 6.14. The monoisotopic (exact) mass is 470 g/mol. The van der Waals surface area contributed by atoms with E-state index < -0.39 is 5.91 Å². The molecule has 0 atom stereocenters. The number of carbonyl (C=O) groups excluding carboxylic acids is 2. The van der Waals surface area contributed by atoms with E-state index in [1.165, 1.54) is 10.5 Å². The lowest BCUT2D eigenvalue weighted by Crippen LogP contribution is -2.40. The summed E-state index contributed by atoms with van der Waals surface area (Å²) in [5.41, 5.74) is 6.56. The smallest absolute Gasteiger partial charge is 0.267 e. The van der Waals surface area contributed by atoms with Crippen LogP contribution in [-0.2, 0) is 16.0 Å². The number of nitrogens with one attached hydrogen (secondary N) is 1. The Morgan fingerprint density at radius 3 is 2.54 bits per heavy atom. The number of hydrogen-bond acceptors (Lipinski definition) is 6. The molecule has 1 saturated heterocycles. The molecule has 0 bridgehead atoms. The number of amides is 2. The highest BCUT2D eigenvalue weighted by atomic mass is 16.2. The number of benzene rings is 1. The molecule has 3 heterocycles. The number of nitrogens with two attached hydrogens (primary N) is 1. The molecule has 1 aliphatic heterocycles. The van der Waals surface area contributed by atoms with E-state index in [4.69, 9.17) is 5.73 Å². The van der Waals surface area contributed by atoms with Gasteiger partial charge in [0.2, 0.25) is 5.91 Å². The molecule has 178 valence electrons. The molecule has 2 aromatic heterocycles. The second-order valence-electron chi connectivity index (χ2n) is 8.41. The number of nitriles is 1. The lowest BCUT2D eigenvalue weighted by atomic mass is 9.96. The molecule has 0 saturated carbocycles. The van der Waals surface area contributed by atoms with Gasteiger partial charge in [-0.05, 0) is 43.0 Å². The molecule has 0 spiro atoms. The number of piperidine rings is 1. The van der Waals surface area contributed by atoms with Crippen molar-refractivity contribution >= 4 is 29.4 Å². The quantitative estimate of drug-likeness (QED) is 0.399. The Morgan fingerprint density at radius 1 is 1.14 bits per heavy atom. The van der Waals surface area contributed by atoms with Crippen LogP contribution in [0.15, 0.2) is 65.1 Å². The second-order valence-corrected chi connectivity index (χ2v) is 8.41. The van der Waals surface area contributed by atoms with Gasteiger partial charge in [0.1, 0.15) is 23.1 Å². The molecule has 35 heavy (non-hydrogen) atoms. The van der Waals surface area contributed by atoms with E-state index in [-0.39, 0.29) is 28.5 Å². The van der Waals surface area contributed by atoms with Crippen molar-refractivity contribution in [2.75, 3.05) is 24.5 Å². The highest BCUT2D eigenvalue weighted by molar-refractivity contribution is 6.02. The summed E-state index contributed by atoms with van der Waals surface area (Å²) in [4.78, 5) is 44.3. The number of primary amides is 1. The summed E-state index contributed by atoms with van der Waals surface area (Å²) in [5, 5.41) is 12.5. The van der Waals surface area contributed by atoms with E-state index in [1.807, 2.05) is 41.3 Å².